The fraction of sp³-hybridized carbons (Fsp3) is 0.588. The number of carbonyl (C=O) groups is 1. The number of aliphatic hydroxyl groups is 1. The highest BCUT2D eigenvalue weighted by Crippen LogP contribution is 2.12. The fourth-order valence-corrected chi connectivity index (χ4v) is 2.29. The smallest absolute Gasteiger partial charge is 0.210 e. The minimum absolute atomic E-state index is 0. The highest BCUT2D eigenvalue weighted by Gasteiger charge is 2.33. The Labute approximate surface area is 140 Å². The molecule has 3 N–H and O–H groups in total. The maximum Gasteiger partial charge on any atom is 0.210 e. The van der Waals surface area contributed by atoms with Gasteiger partial charge < -0.3 is 5.11 Å². The first-order valence-electron chi connectivity index (χ1n) is 7.84. The first kappa shape index (κ1) is 21.1. The minimum atomic E-state index is -1.83. The Balaban J connectivity index is 0.00000441. The van der Waals surface area contributed by atoms with E-state index in [1.54, 1.807) is 24.3 Å². The van der Waals surface area contributed by atoms with Crippen LogP contribution >= 0.6 is 12.4 Å². The lowest BCUT2D eigenvalue weighted by atomic mass is 10.0. The van der Waals surface area contributed by atoms with Crippen molar-refractivity contribution in [1.82, 2.24) is 4.90 Å². The van der Waals surface area contributed by atoms with Crippen LogP contribution in [0.1, 0.15) is 49.9 Å². The Kier molecular flexibility index (Phi) is 10.3. The third-order valence-electron chi connectivity index (χ3n) is 3.55. The molecule has 0 aliphatic heterocycles. The van der Waals surface area contributed by atoms with Crippen LogP contribution < -0.4 is 5.73 Å². The molecule has 0 bridgehead atoms. The summed E-state index contributed by atoms with van der Waals surface area (Å²) in [7, 11) is 0. The van der Waals surface area contributed by atoms with Gasteiger partial charge in [0.25, 0.3) is 0 Å². The Morgan fingerprint density at radius 2 is 1.64 bits per heavy atom. The van der Waals surface area contributed by atoms with E-state index in [1.165, 1.54) is 0 Å². The van der Waals surface area contributed by atoms with Gasteiger partial charge in [-0.25, -0.2) is 0 Å². The van der Waals surface area contributed by atoms with Gasteiger partial charge in [-0.05, 0) is 25.9 Å². The zero-order chi connectivity index (χ0) is 15.7. The maximum absolute atomic E-state index is 12.3. The SMILES string of the molecule is CCCCN(CCCC)CC(N)(O)C(=O)c1ccccc1.Cl. The van der Waals surface area contributed by atoms with Crippen LogP contribution in [0.2, 0.25) is 0 Å². The molecule has 1 aromatic carbocycles. The van der Waals surface area contributed by atoms with Gasteiger partial charge in [-0.15, -0.1) is 12.4 Å². The number of nitrogens with zero attached hydrogens (tertiary/aromatic N) is 1. The molecule has 0 heterocycles. The molecule has 0 saturated heterocycles. The number of halogens is 1. The van der Waals surface area contributed by atoms with Crippen LogP contribution in [0.4, 0.5) is 0 Å². The molecule has 1 aromatic rings. The Morgan fingerprint density at radius 1 is 1.14 bits per heavy atom. The summed E-state index contributed by atoms with van der Waals surface area (Å²) in [6.45, 7) is 6.15. The van der Waals surface area contributed by atoms with Crippen molar-refractivity contribution >= 4 is 18.2 Å². The van der Waals surface area contributed by atoms with Crippen molar-refractivity contribution in [3.05, 3.63) is 35.9 Å². The second kappa shape index (κ2) is 10.7. The number of hydrogen-bond donors (Lipinski definition) is 2. The van der Waals surface area contributed by atoms with E-state index in [-0.39, 0.29) is 19.0 Å². The van der Waals surface area contributed by atoms with Crippen LogP contribution in [0.3, 0.4) is 0 Å². The van der Waals surface area contributed by atoms with E-state index in [1.807, 2.05) is 6.07 Å². The van der Waals surface area contributed by atoms with Crippen LogP contribution in [-0.4, -0.2) is 41.1 Å². The summed E-state index contributed by atoms with van der Waals surface area (Å²) in [5.41, 5.74) is 4.52. The molecule has 0 aliphatic carbocycles. The number of rotatable bonds is 10. The van der Waals surface area contributed by atoms with Gasteiger partial charge in [-0.2, -0.15) is 0 Å². The van der Waals surface area contributed by atoms with E-state index in [0.717, 1.165) is 38.8 Å². The molecule has 1 rings (SSSR count). The lowest BCUT2D eigenvalue weighted by molar-refractivity contribution is 0.0135. The van der Waals surface area contributed by atoms with E-state index in [4.69, 9.17) is 5.73 Å². The lowest BCUT2D eigenvalue weighted by Crippen LogP contribution is -2.56. The summed E-state index contributed by atoms with van der Waals surface area (Å²) in [6.07, 6.45) is 4.25. The van der Waals surface area contributed by atoms with Gasteiger partial charge in [-0.3, -0.25) is 15.4 Å². The van der Waals surface area contributed by atoms with E-state index < -0.39 is 11.5 Å². The van der Waals surface area contributed by atoms with E-state index >= 15 is 0 Å². The largest absolute Gasteiger partial charge is 0.368 e. The monoisotopic (exact) mass is 328 g/mol. The van der Waals surface area contributed by atoms with E-state index in [2.05, 4.69) is 18.7 Å². The van der Waals surface area contributed by atoms with Crippen LogP contribution in [0, 0.1) is 0 Å². The van der Waals surface area contributed by atoms with E-state index in [9.17, 15) is 9.90 Å². The van der Waals surface area contributed by atoms with Crippen LogP contribution in [0.5, 0.6) is 0 Å². The van der Waals surface area contributed by atoms with Crippen molar-refractivity contribution in [2.75, 3.05) is 19.6 Å². The van der Waals surface area contributed by atoms with Crippen molar-refractivity contribution in [1.29, 1.82) is 0 Å². The lowest BCUT2D eigenvalue weighted by Gasteiger charge is -2.30. The van der Waals surface area contributed by atoms with Gasteiger partial charge in [0.1, 0.15) is 0 Å². The first-order chi connectivity index (χ1) is 10.0. The predicted octanol–water partition coefficient (Wildman–Crippen LogP) is 2.84. The molecule has 0 radical (unpaired) electrons. The van der Waals surface area contributed by atoms with Gasteiger partial charge in [0.05, 0.1) is 0 Å². The van der Waals surface area contributed by atoms with Gasteiger partial charge in [0.2, 0.25) is 5.78 Å². The number of carbonyl (C=O) groups excluding carboxylic acids is 1. The van der Waals surface area contributed by atoms with Crippen molar-refractivity contribution in [2.24, 2.45) is 5.73 Å². The van der Waals surface area contributed by atoms with Gasteiger partial charge >= 0.3 is 0 Å². The number of hydrogen-bond acceptors (Lipinski definition) is 4. The normalized spacial score (nSPS) is 13.5. The summed E-state index contributed by atoms with van der Waals surface area (Å²) < 4.78 is 0. The topological polar surface area (TPSA) is 66.6 Å². The average molecular weight is 329 g/mol. The first-order valence-corrected chi connectivity index (χ1v) is 7.84. The number of unbranched alkanes of at least 4 members (excludes halogenated alkanes) is 2. The second-order valence-corrected chi connectivity index (χ2v) is 5.60. The third kappa shape index (κ3) is 6.88. The Hall–Kier alpha value is -0.940. The predicted molar refractivity (Wildman–Crippen MR) is 93.4 cm³/mol. The molecule has 126 valence electrons. The molecule has 1 atom stereocenters. The third-order valence-corrected chi connectivity index (χ3v) is 3.55. The highest BCUT2D eigenvalue weighted by molar-refractivity contribution is 6.02. The molecular formula is C17H29ClN2O2. The molecule has 0 fully saturated rings. The highest BCUT2D eigenvalue weighted by atomic mass is 35.5. The van der Waals surface area contributed by atoms with Crippen LogP contribution in [0.15, 0.2) is 30.3 Å². The molecule has 0 amide bonds. The molecule has 1 unspecified atom stereocenters. The Bertz CT molecular complexity index is 416. The van der Waals surface area contributed by atoms with Crippen molar-refractivity contribution in [2.45, 2.75) is 45.3 Å². The molecule has 4 nitrogen and oxygen atoms in total. The van der Waals surface area contributed by atoms with Gasteiger partial charge in [0.15, 0.2) is 5.72 Å². The Morgan fingerprint density at radius 3 is 2.09 bits per heavy atom. The maximum atomic E-state index is 12.3. The summed E-state index contributed by atoms with van der Waals surface area (Å²) in [4.78, 5) is 14.4. The van der Waals surface area contributed by atoms with Gasteiger partial charge in [0, 0.05) is 12.1 Å². The number of ketones is 1. The quantitative estimate of drug-likeness (QED) is 0.512. The minimum Gasteiger partial charge on any atom is -0.368 e. The molecule has 5 heteroatoms. The van der Waals surface area contributed by atoms with Gasteiger partial charge in [-0.1, -0.05) is 57.0 Å². The fourth-order valence-electron chi connectivity index (χ4n) is 2.29. The molecule has 22 heavy (non-hydrogen) atoms. The summed E-state index contributed by atoms with van der Waals surface area (Å²) >= 11 is 0. The zero-order valence-electron chi connectivity index (χ0n) is 13.6. The zero-order valence-corrected chi connectivity index (χ0v) is 14.4. The van der Waals surface area contributed by atoms with Crippen LogP contribution in [0.25, 0.3) is 0 Å². The summed E-state index contributed by atoms with van der Waals surface area (Å²) in [5.74, 6) is -0.416. The van der Waals surface area contributed by atoms with Crippen LogP contribution in [-0.2, 0) is 0 Å². The second-order valence-electron chi connectivity index (χ2n) is 5.60. The van der Waals surface area contributed by atoms with Crippen molar-refractivity contribution < 1.29 is 9.90 Å². The molecular weight excluding hydrogens is 300 g/mol. The molecule has 0 saturated carbocycles. The van der Waals surface area contributed by atoms with Crippen molar-refractivity contribution in [3.63, 3.8) is 0 Å². The number of Topliss-reactive ketones (excluding diaryl/α,β-unsaturated/α-hetero) is 1. The molecule has 0 aliphatic rings. The number of benzene rings is 1. The van der Waals surface area contributed by atoms with Crippen molar-refractivity contribution in [3.8, 4) is 0 Å². The molecule has 0 aromatic heterocycles. The summed E-state index contributed by atoms with van der Waals surface area (Å²) in [6, 6.07) is 8.75. The number of nitrogens with two attached hydrogens (primary N) is 1. The standard InChI is InChI=1S/C17H28N2O2.ClH/c1-3-5-12-19(13-6-4-2)14-17(18,21)16(20)15-10-8-7-9-11-15;/h7-11,21H,3-6,12-14,18H2,1-2H3;1H. The summed E-state index contributed by atoms with van der Waals surface area (Å²) in [5, 5.41) is 10.4. The molecule has 0 spiro atoms. The average Bonchev–Trinajstić information content (AvgIpc) is 2.49. The van der Waals surface area contributed by atoms with E-state index in [0.29, 0.717) is 5.56 Å².